The molecule has 0 bridgehead atoms. The molecule has 0 spiro atoms. The van der Waals surface area contributed by atoms with Crippen LogP contribution >= 0.6 is 22.7 Å². The van der Waals surface area contributed by atoms with Gasteiger partial charge in [-0.3, -0.25) is 0 Å². The molecule has 0 aliphatic rings. The first-order chi connectivity index (χ1) is 15.8. The predicted octanol–water partition coefficient (Wildman–Crippen LogP) is 8.55. The molecule has 4 aromatic heterocycles. The van der Waals surface area contributed by atoms with E-state index in [1.54, 1.807) is 0 Å². The summed E-state index contributed by atoms with van der Waals surface area (Å²) in [5.41, 5.74) is 4.15. The number of para-hydroxylation sites is 2. The Kier molecular flexibility index (Phi) is 3.92. The number of thiophene rings is 2. The normalized spacial score (nSPS) is 11.8. The van der Waals surface area contributed by atoms with Gasteiger partial charge >= 0.3 is 0 Å². The maximum atomic E-state index is 4.88. The second kappa shape index (κ2) is 6.95. The summed E-state index contributed by atoms with van der Waals surface area (Å²) in [6, 6.07) is 34.3. The zero-order chi connectivity index (χ0) is 21.1. The van der Waals surface area contributed by atoms with Crippen molar-refractivity contribution in [2.24, 2.45) is 0 Å². The first-order valence-electron chi connectivity index (χ1n) is 10.5. The third kappa shape index (κ3) is 2.92. The Balaban J connectivity index is 1.32. The van der Waals surface area contributed by atoms with Gasteiger partial charge in [-0.2, -0.15) is 0 Å². The summed E-state index contributed by atoms with van der Waals surface area (Å²) in [5, 5.41) is 4.88. The van der Waals surface area contributed by atoms with Crippen molar-refractivity contribution in [2.75, 3.05) is 0 Å². The van der Waals surface area contributed by atoms with Crippen LogP contribution in [0.1, 0.15) is 0 Å². The van der Waals surface area contributed by atoms with Gasteiger partial charge in [0.05, 0.1) is 32.2 Å². The smallest absolute Gasteiger partial charge is 0.0809 e. The summed E-state index contributed by atoms with van der Waals surface area (Å²) in [7, 11) is 0. The minimum absolute atomic E-state index is 1.04. The van der Waals surface area contributed by atoms with Crippen molar-refractivity contribution in [3.8, 4) is 21.1 Å². The molecule has 7 aromatic rings. The Bertz CT molecular complexity index is 1610. The maximum absolute atomic E-state index is 4.88. The van der Waals surface area contributed by atoms with Crippen molar-refractivity contribution in [3.63, 3.8) is 0 Å². The van der Waals surface area contributed by atoms with Crippen LogP contribution in [0.5, 0.6) is 0 Å². The SMILES string of the molecule is c1ccc2nc(-c3cc4cc5cc(-c6ccc7ccccc7n6)sc5cc4s3)ccc2c1. The van der Waals surface area contributed by atoms with E-state index in [4.69, 9.17) is 9.97 Å². The van der Waals surface area contributed by atoms with Gasteiger partial charge in [0.1, 0.15) is 0 Å². The van der Waals surface area contributed by atoms with Gasteiger partial charge in [-0.05, 0) is 59.3 Å². The molecular weight excluding hydrogens is 428 g/mol. The topological polar surface area (TPSA) is 25.8 Å². The Hall–Kier alpha value is -3.60. The number of aromatic nitrogens is 2. The summed E-state index contributed by atoms with van der Waals surface area (Å²) in [4.78, 5) is 12.2. The molecule has 0 saturated carbocycles. The molecule has 0 fully saturated rings. The highest BCUT2D eigenvalue weighted by Gasteiger charge is 2.11. The molecule has 32 heavy (non-hydrogen) atoms. The molecule has 0 amide bonds. The van der Waals surface area contributed by atoms with Crippen LogP contribution in [0.4, 0.5) is 0 Å². The summed E-state index contributed by atoms with van der Waals surface area (Å²) < 4.78 is 2.59. The number of hydrogen-bond donors (Lipinski definition) is 0. The van der Waals surface area contributed by atoms with Gasteiger partial charge in [0.2, 0.25) is 0 Å². The van der Waals surface area contributed by atoms with Gasteiger partial charge in [-0.25, -0.2) is 9.97 Å². The van der Waals surface area contributed by atoms with E-state index in [1.165, 1.54) is 40.7 Å². The highest BCUT2D eigenvalue weighted by molar-refractivity contribution is 7.24. The van der Waals surface area contributed by atoms with Crippen LogP contribution in [-0.2, 0) is 0 Å². The van der Waals surface area contributed by atoms with E-state index in [0.29, 0.717) is 0 Å². The third-order valence-electron chi connectivity index (χ3n) is 5.86. The number of hydrogen-bond acceptors (Lipinski definition) is 4. The van der Waals surface area contributed by atoms with Crippen molar-refractivity contribution in [1.29, 1.82) is 0 Å². The Morgan fingerprint density at radius 3 is 1.47 bits per heavy atom. The fraction of sp³-hybridized carbons (Fsp3) is 0. The van der Waals surface area contributed by atoms with Crippen LogP contribution in [0.15, 0.2) is 97.1 Å². The quantitative estimate of drug-likeness (QED) is 0.267. The first kappa shape index (κ1) is 18.0. The van der Waals surface area contributed by atoms with Crippen LogP contribution in [0.3, 0.4) is 0 Å². The monoisotopic (exact) mass is 444 g/mol. The van der Waals surface area contributed by atoms with E-state index in [1.807, 2.05) is 34.8 Å². The van der Waals surface area contributed by atoms with Crippen molar-refractivity contribution >= 4 is 64.7 Å². The zero-order valence-electron chi connectivity index (χ0n) is 16.9. The molecule has 0 radical (unpaired) electrons. The second-order valence-electron chi connectivity index (χ2n) is 7.93. The lowest BCUT2D eigenvalue weighted by atomic mass is 10.1. The molecule has 0 N–H and O–H groups in total. The van der Waals surface area contributed by atoms with Gasteiger partial charge in [-0.15, -0.1) is 22.7 Å². The Morgan fingerprint density at radius 2 is 0.938 bits per heavy atom. The van der Waals surface area contributed by atoms with E-state index < -0.39 is 0 Å². The largest absolute Gasteiger partial charge is 0.247 e. The summed E-state index contributed by atoms with van der Waals surface area (Å²) in [6.07, 6.45) is 0. The van der Waals surface area contributed by atoms with Gasteiger partial charge in [0.25, 0.3) is 0 Å². The van der Waals surface area contributed by atoms with E-state index in [2.05, 4.69) is 84.9 Å². The van der Waals surface area contributed by atoms with E-state index in [-0.39, 0.29) is 0 Å². The third-order valence-corrected chi connectivity index (χ3v) is 8.10. The number of rotatable bonds is 2. The molecule has 150 valence electrons. The van der Waals surface area contributed by atoms with Gasteiger partial charge in [0, 0.05) is 20.2 Å². The van der Waals surface area contributed by atoms with Crippen LogP contribution < -0.4 is 0 Å². The predicted molar refractivity (Wildman–Crippen MR) is 139 cm³/mol. The zero-order valence-corrected chi connectivity index (χ0v) is 18.6. The molecule has 4 heterocycles. The van der Waals surface area contributed by atoms with Crippen molar-refractivity contribution in [3.05, 3.63) is 97.1 Å². The molecule has 2 nitrogen and oxygen atoms in total. The lowest BCUT2D eigenvalue weighted by Crippen LogP contribution is -1.82. The highest BCUT2D eigenvalue weighted by Crippen LogP contribution is 2.40. The molecule has 3 aromatic carbocycles. The molecule has 0 saturated heterocycles. The number of benzene rings is 3. The van der Waals surface area contributed by atoms with Crippen LogP contribution in [0.2, 0.25) is 0 Å². The summed E-state index contributed by atoms with van der Waals surface area (Å²) >= 11 is 3.62. The van der Waals surface area contributed by atoms with Crippen molar-refractivity contribution in [2.45, 2.75) is 0 Å². The molecule has 0 unspecified atom stereocenters. The van der Waals surface area contributed by atoms with Gasteiger partial charge < -0.3 is 0 Å². The Morgan fingerprint density at radius 1 is 0.438 bits per heavy atom. The summed E-state index contributed by atoms with van der Waals surface area (Å²) in [5.74, 6) is 0. The van der Waals surface area contributed by atoms with E-state index in [0.717, 1.165) is 22.4 Å². The molecule has 0 aliphatic carbocycles. The second-order valence-corrected chi connectivity index (χ2v) is 10.1. The number of pyridine rings is 2. The lowest BCUT2D eigenvalue weighted by molar-refractivity contribution is 1.42. The minimum Gasteiger partial charge on any atom is -0.247 e. The van der Waals surface area contributed by atoms with E-state index in [9.17, 15) is 0 Å². The molecular formula is C28H16N2S2. The maximum Gasteiger partial charge on any atom is 0.0809 e. The molecule has 0 aliphatic heterocycles. The fourth-order valence-corrected chi connectivity index (χ4v) is 6.42. The van der Waals surface area contributed by atoms with Crippen LogP contribution in [-0.4, -0.2) is 9.97 Å². The highest BCUT2D eigenvalue weighted by atomic mass is 32.1. The minimum atomic E-state index is 1.04. The van der Waals surface area contributed by atoms with Gasteiger partial charge in [0.15, 0.2) is 0 Å². The fourth-order valence-electron chi connectivity index (χ4n) is 4.24. The molecule has 4 heteroatoms. The number of fused-ring (bicyclic) bond motifs is 4. The average molecular weight is 445 g/mol. The first-order valence-corrected chi connectivity index (χ1v) is 12.1. The lowest BCUT2D eigenvalue weighted by Gasteiger charge is -2.00. The Labute approximate surface area is 192 Å². The molecule has 7 rings (SSSR count). The van der Waals surface area contributed by atoms with Crippen LogP contribution in [0, 0.1) is 0 Å². The standard InChI is InChI=1S/C28H16N2S2/c1-3-7-21-17(5-1)9-11-23(29-21)27-14-19-13-20-15-28(32-26(20)16-25(19)31-27)24-12-10-18-6-2-4-8-22(18)30-24/h1-16H. The van der Waals surface area contributed by atoms with Gasteiger partial charge in [-0.1, -0.05) is 48.5 Å². The average Bonchev–Trinajstić information content (AvgIpc) is 3.45. The van der Waals surface area contributed by atoms with Crippen LogP contribution in [0.25, 0.3) is 63.1 Å². The van der Waals surface area contributed by atoms with Crippen molar-refractivity contribution in [1.82, 2.24) is 9.97 Å². The molecule has 0 atom stereocenters. The summed E-state index contributed by atoms with van der Waals surface area (Å²) in [6.45, 7) is 0. The number of nitrogens with zero attached hydrogens (tertiary/aromatic N) is 2. The van der Waals surface area contributed by atoms with E-state index >= 15 is 0 Å². The van der Waals surface area contributed by atoms with Crippen molar-refractivity contribution < 1.29 is 0 Å².